The van der Waals surface area contributed by atoms with Crippen LogP contribution in [-0.4, -0.2) is 64.6 Å². The average molecular weight is 390 g/mol. The van der Waals surface area contributed by atoms with Crippen molar-refractivity contribution in [1.29, 1.82) is 0 Å². The number of carbonyl (C=O) groups is 2. The summed E-state index contributed by atoms with van der Waals surface area (Å²) in [6.45, 7) is 7.61. The number of benzene rings is 1. The number of nitrogens with zero attached hydrogens (tertiary/aromatic N) is 1. The normalized spacial score (nSPS) is 20.4. The Labute approximate surface area is 157 Å². The molecule has 0 amide bonds. The lowest BCUT2D eigenvalue weighted by molar-refractivity contribution is -0.159. The summed E-state index contributed by atoms with van der Waals surface area (Å²) >= 11 is 7.78. The quantitative estimate of drug-likeness (QED) is 0.454. The van der Waals surface area contributed by atoms with Crippen molar-refractivity contribution in [3.63, 3.8) is 0 Å². The summed E-state index contributed by atoms with van der Waals surface area (Å²) in [7, 11) is 0. The first-order valence-electron chi connectivity index (χ1n) is 8.00. The zero-order chi connectivity index (χ0) is 18.8. The molecule has 1 fully saturated rings. The summed E-state index contributed by atoms with van der Waals surface area (Å²) in [4.78, 5) is 22.0. The highest BCUT2D eigenvalue weighted by atomic mass is 35.5. The van der Waals surface area contributed by atoms with Gasteiger partial charge in [0.2, 0.25) is 0 Å². The number of ether oxygens (including phenoxy) is 1. The highest BCUT2D eigenvalue weighted by molar-refractivity contribution is 7.99. The minimum atomic E-state index is -1.82. The molecule has 0 radical (unpaired) electrons. The van der Waals surface area contributed by atoms with Crippen LogP contribution in [-0.2, 0) is 14.3 Å². The smallest absolute Gasteiger partial charge is 0.414 e. The van der Waals surface area contributed by atoms with Crippen LogP contribution in [0.4, 0.5) is 0 Å². The van der Waals surface area contributed by atoms with Crippen molar-refractivity contribution in [3.05, 3.63) is 29.3 Å². The molecule has 1 saturated heterocycles. The van der Waals surface area contributed by atoms with Crippen LogP contribution in [0.1, 0.15) is 20.3 Å². The Hall–Kier alpha value is -1.28. The summed E-state index contributed by atoms with van der Waals surface area (Å²) in [6, 6.07) is 8.09. The van der Waals surface area contributed by atoms with E-state index < -0.39 is 11.9 Å². The van der Waals surface area contributed by atoms with Crippen LogP contribution in [0.3, 0.4) is 0 Å². The molecule has 2 unspecified atom stereocenters. The molecule has 2 N–H and O–H groups in total. The van der Waals surface area contributed by atoms with E-state index in [1.165, 1.54) is 17.9 Å². The fourth-order valence-corrected chi connectivity index (χ4v) is 3.44. The molecule has 1 aromatic carbocycles. The van der Waals surface area contributed by atoms with Crippen molar-refractivity contribution >= 4 is 35.3 Å². The first-order chi connectivity index (χ1) is 11.8. The zero-order valence-corrected chi connectivity index (χ0v) is 15.9. The van der Waals surface area contributed by atoms with Gasteiger partial charge in [-0.05, 0) is 56.8 Å². The summed E-state index contributed by atoms with van der Waals surface area (Å²) in [6.07, 6.45) is 1.95. The minimum absolute atomic E-state index is 0.368. The second kappa shape index (κ2) is 11.4. The van der Waals surface area contributed by atoms with Gasteiger partial charge in [0.1, 0.15) is 0 Å². The number of thioether (sulfide) groups is 1. The lowest BCUT2D eigenvalue weighted by atomic mass is 10.2. The molecular formula is C17H24ClNO5S. The van der Waals surface area contributed by atoms with Crippen LogP contribution in [0.15, 0.2) is 29.2 Å². The van der Waals surface area contributed by atoms with Gasteiger partial charge in [0, 0.05) is 23.0 Å². The van der Waals surface area contributed by atoms with Crippen LogP contribution in [0.2, 0.25) is 5.02 Å². The Bertz CT molecular complexity index is 532. The zero-order valence-electron chi connectivity index (χ0n) is 14.4. The molecule has 140 valence electrons. The molecule has 2 rings (SSSR count). The monoisotopic (exact) mass is 389 g/mol. The second-order valence-electron chi connectivity index (χ2n) is 5.78. The van der Waals surface area contributed by atoms with Gasteiger partial charge < -0.3 is 14.9 Å². The summed E-state index contributed by atoms with van der Waals surface area (Å²) < 4.78 is 5.74. The third-order valence-electron chi connectivity index (χ3n) is 3.38. The lowest BCUT2D eigenvalue weighted by Gasteiger charge is -2.35. The molecule has 25 heavy (non-hydrogen) atoms. The molecule has 1 heterocycles. The topological polar surface area (TPSA) is 87.1 Å². The van der Waals surface area contributed by atoms with Crippen LogP contribution < -0.4 is 0 Å². The Balaban J connectivity index is 0.000000450. The van der Waals surface area contributed by atoms with E-state index in [4.69, 9.17) is 36.1 Å². The van der Waals surface area contributed by atoms with Crippen molar-refractivity contribution in [2.45, 2.75) is 37.4 Å². The van der Waals surface area contributed by atoms with Crippen LogP contribution in [0, 0.1) is 0 Å². The van der Waals surface area contributed by atoms with E-state index >= 15 is 0 Å². The fraction of sp³-hybridized carbons (Fsp3) is 0.529. The number of rotatable bonds is 5. The average Bonchev–Trinajstić information content (AvgIpc) is 2.53. The first kappa shape index (κ1) is 21.8. The number of hydrogen-bond donors (Lipinski definition) is 2. The minimum Gasteiger partial charge on any atom is -0.473 e. The largest absolute Gasteiger partial charge is 0.473 e. The molecule has 1 aliphatic rings. The maximum Gasteiger partial charge on any atom is 0.414 e. The standard InChI is InChI=1S/C15H22ClNOS.C2H2O4/c1-12-10-17(11-13(2)18-12)8-3-9-19-15-6-4-14(16)5-7-15;3-1(4)2(5)6/h4-7,12-13H,3,8-11H2,1-2H3;(H,3,4)(H,5,6). The Kier molecular flexibility index (Phi) is 9.89. The van der Waals surface area contributed by atoms with Gasteiger partial charge in [0.25, 0.3) is 0 Å². The number of halogens is 1. The Morgan fingerprint density at radius 3 is 2.16 bits per heavy atom. The molecule has 0 aromatic heterocycles. The van der Waals surface area contributed by atoms with Gasteiger partial charge in [-0.25, -0.2) is 9.59 Å². The van der Waals surface area contributed by atoms with Crippen molar-refractivity contribution in [1.82, 2.24) is 4.90 Å². The van der Waals surface area contributed by atoms with Crippen LogP contribution in [0.5, 0.6) is 0 Å². The Morgan fingerprint density at radius 2 is 1.68 bits per heavy atom. The third-order valence-corrected chi connectivity index (χ3v) is 4.73. The van der Waals surface area contributed by atoms with Gasteiger partial charge in [-0.15, -0.1) is 11.8 Å². The molecule has 0 aliphatic carbocycles. The van der Waals surface area contributed by atoms with Gasteiger partial charge in [-0.3, -0.25) is 4.90 Å². The second-order valence-corrected chi connectivity index (χ2v) is 7.39. The SMILES string of the molecule is CC1CN(CCCSc2ccc(Cl)cc2)CC(C)O1.O=C(O)C(=O)O. The number of carboxylic acid groups (broad SMARTS) is 2. The number of aliphatic carboxylic acids is 2. The van der Waals surface area contributed by atoms with E-state index in [0.717, 1.165) is 23.9 Å². The van der Waals surface area contributed by atoms with Crippen molar-refractivity contribution < 1.29 is 24.5 Å². The molecule has 0 spiro atoms. The van der Waals surface area contributed by atoms with E-state index in [9.17, 15) is 0 Å². The van der Waals surface area contributed by atoms with E-state index in [-0.39, 0.29) is 0 Å². The van der Waals surface area contributed by atoms with Gasteiger partial charge >= 0.3 is 11.9 Å². The molecular weight excluding hydrogens is 366 g/mol. The maximum atomic E-state index is 9.10. The van der Waals surface area contributed by atoms with Crippen LogP contribution in [0.25, 0.3) is 0 Å². The fourth-order valence-electron chi connectivity index (χ4n) is 2.48. The number of carboxylic acids is 2. The molecule has 1 aliphatic heterocycles. The number of morpholine rings is 1. The first-order valence-corrected chi connectivity index (χ1v) is 9.36. The predicted octanol–water partition coefficient (Wildman–Crippen LogP) is 3.09. The van der Waals surface area contributed by atoms with E-state index in [2.05, 4.69) is 30.9 Å². The third kappa shape index (κ3) is 9.69. The highest BCUT2D eigenvalue weighted by Crippen LogP contribution is 2.21. The molecule has 2 atom stereocenters. The molecule has 8 heteroatoms. The lowest BCUT2D eigenvalue weighted by Crippen LogP contribution is -2.45. The molecule has 0 saturated carbocycles. The molecule has 1 aromatic rings. The van der Waals surface area contributed by atoms with Crippen molar-refractivity contribution in [2.24, 2.45) is 0 Å². The van der Waals surface area contributed by atoms with Gasteiger partial charge in [-0.1, -0.05) is 11.6 Å². The van der Waals surface area contributed by atoms with E-state index in [1.807, 2.05) is 23.9 Å². The summed E-state index contributed by atoms with van der Waals surface area (Å²) in [5.41, 5.74) is 0. The van der Waals surface area contributed by atoms with Gasteiger partial charge in [0.15, 0.2) is 0 Å². The summed E-state index contributed by atoms with van der Waals surface area (Å²) in [5.74, 6) is -2.49. The predicted molar refractivity (Wildman–Crippen MR) is 98.5 cm³/mol. The Morgan fingerprint density at radius 1 is 1.16 bits per heavy atom. The van der Waals surface area contributed by atoms with E-state index in [0.29, 0.717) is 12.2 Å². The van der Waals surface area contributed by atoms with Gasteiger partial charge in [-0.2, -0.15) is 0 Å². The number of hydrogen-bond acceptors (Lipinski definition) is 5. The van der Waals surface area contributed by atoms with Gasteiger partial charge in [0.05, 0.1) is 12.2 Å². The van der Waals surface area contributed by atoms with Crippen LogP contribution >= 0.6 is 23.4 Å². The molecule has 0 bridgehead atoms. The van der Waals surface area contributed by atoms with E-state index in [1.54, 1.807) is 0 Å². The van der Waals surface area contributed by atoms with Crippen molar-refractivity contribution in [3.8, 4) is 0 Å². The molecule has 6 nitrogen and oxygen atoms in total. The maximum absolute atomic E-state index is 9.10. The summed E-state index contributed by atoms with van der Waals surface area (Å²) in [5, 5.41) is 15.6. The van der Waals surface area contributed by atoms with Crippen molar-refractivity contribution in [2.75, 3.05) is 25.4 Å². The highest BCUT2D eigenvalue weighted by Gasteiger charge is 2.21.